The molecule has 0 spiro atoms. The van der Waals surface area contributed by atoms with Crippen LogP contribution < -0.4 is 16.4 Å². The molecule has 0 aliphatic rings. The zero-order valence-electron chi connectivity index (χ0n) is 20.5. The number of aromatic nitrogens is 4. The van der Waals surface area contributed by atoms with Gasteiger partial charge in [-0.3, -0.25) is 14.2 Å². The molecule has 0 aliphatic heterocycles. The van der Waals surface area contributed by atoms with Gasteiger partial charge in [-0.1, -0.05) is 42.5 Å². The average Bonchev–Trinajstić information content (AvgIpc) is 3.41. The molecule has 0 radical (unpaired) electrons. The Morgan fingerprint density at radius 1 is 1.06 bits per heavy atom. The van der Waals surface area contributed by atoms with Crippen molar-refractivity contribution in [2.75, 3.05) is 18.9 Å². The number of nitrogens with zero attached hydrogens (tertiary/aromatic N) is 4. The third-order valence-electron chi connectivity index (χ3n) is 5.63. The fourth-order valence-corrected chi connectivity index (χ4v) is 4.05. The molecule has 9 nitrogen and oxygen atoms in total. The maximum atomic E-state index is 11.5. The van der Waals surface area contributed by atoms with Crippen LogP contribution in [0.5, 0.6) is 0 Å². The van der Waals surface area contributed by atoms with E-state index in [1.807, 2.05) is 71.6 Å². The Balaban J connectivity index is 0.000000455. The first-order chi connectivity index (χ1) is 17.4. The van der Waals surface area contributed by atoms with Crippen molar-refractivity contribution in [3.63, 3.8) is 0 Å². The maximum Gasteiger partial charge on any atom is 0.254 e. The topological polar surface area (TPSA) is 119 Å². The lowest BCUT2D eigenvalue weighted by atomic mass is 10.1. The molecule has 0 bridgehead atoms. The van der Waals surface area contributed by atoms with E-state index in [-0.39, 0.29) is 12.5 Å². The van der Waals surface area contributed by atoms with Crippen molar-refractivity contribution in [2.45, 2.75) is 20.4 Å². The lowest BCUT2D eigenvalue weighted by Gasteiger charge is -2.12. The number of carbonyl (C=O) groups is 2. The summed E-state index contributed by atoms with van der Waals surface area (Å²) in [6, 6.07) is 20.0. The largest absolute Gasteiger partial charge is 0.369 e. The molecule has 0 unspecified atom stereocenters. The van der Waals surface area contributed by atoms with E-state index in [9.17, 15) is 9.59 Å². The normalized spacial score (nSPS) is 10.8. The number of carbonyl (C=O) groups excluding carboxylic acids is 2. The Morgan fingerprint density at radius 3 is 2.50 bits per heavy atom. The highest BCUT2D eigenvalue weighted by molar-refractivity contribution is 5.98. The summed E-state index contributed by atoms with van der Waals surface area (Å²) in [7, 11) is 1.67. The van der Waals surface area contributed by atoms with Crippen LogP contribution in [0.2, 0.25) is 0 Å². The van der Waals surface area contributed by atoms with Crippen molar-refractivity contribution in [2.24, 2.45) is 5.73 Å². The summed E-state index contributed by atoms with van der Waals surface area (Å²) in [5.41, 5.74) is 10.5. The Hall–Kier alpha value is -4.50. The van der Waals surface area contributed by atoms with E-state index < -0.39 is 0 Å². The van der Waals surface area contributed by atoms with E-state index in [1.54, 1.807) is 7.05 Å². The number of likely N-dealkylation sites (N-methyl/N-ethyl adjacent to an activating group) is 1. The molecule has 4 N–H and O–H groups in total. The SMILES string of the molecule is CNCC(N)=O.Cc1cc2c(NCc3ccccc3)nc(-n3c(C)cc4c(C=O)cccc43)nn2c1. The van der Waals surface area contributed by atoms with Gasteiger partial charge in [0.25, 0.3) is 5.95 Å². The number of amides is 1. The Bertz CT molecular complexity index is 1520. The maximum absolute atomic E-state index is 11.5. The van der Waals surface area contributed by atoms with Gasteiger partial charge in [0.2, 0.25) is 5.91 Å². The Morgan fingerprint density at radius 2 is 1.83 bits per heavy atom. The van der Waals surface area contributed by atoms with Gasteiger partial charge in [0.1, 0.15) is 5.52 Å². The van der Waals surface area contributed by atoms with Gasteiger partial charge in [0.15, 0.2) is 12.1 Å². The Labute approximate surface area is 208 Å². The lowest BCUT2D eigenvalue weighted by molar-refractivity contribution is -0.117. The van der Waals surface area contributed by atoms with E-state index in [1.165, 1.54) is 5.56 Å². The van der Waals surface area contributed by atoms with Crippen molar-refractivity contribution < 1.29 is 9.59 Å². The van der Waals surface area contributed by atoms with E-state index in [0.717, 1.165) is 39.8 Å². The highest BCUT2D eigenvalue weighted by atomic mass is 16.1. The molecule has 3 aromatic heterocycles. The highest BCUT2D eigenvalue weighted by Gasteiger charge is 2.16. The molecule has 0 saturated heterocycles. The van der Waals surface area contributed by atoms with Gasteiger partial charge >= 0.3 is 0 Å². The second kappa shape index (κ2) is 10.8. The predicted octanol–water partition coefficient (Wildman–Crippen LogP) is 3.41. The van der Waals surface area contributed by atoms with Crippen LogP contribution in [0.4, 0.5) is 5.82 Å². The number of hydrogen-bond donors (Lipinski definition) is 3. The smallest absolute Gasteiger partial charge is 0.254 e. The predicted molar refractivity (Wildman–Crippen MR) is 142 cm³/mol. The summed E-state index contributed by atoms with van der Waals surface area (Å²) in [5.74, 6) is 1.01. The van der Waals surface area contributed by atoms with Crippen LogP contribution in [0.15, 0.2) is 66.9 Å². The van der Waals surface area contributed by atoms with E-state index in [2.05, 4.69) is 28.8 Å². The van der Waals surface area contributed by atoms with Gasteiger partial charge in [-0.25, -0.2) is 4.52 Å². The molecule has 5 aromatic rings. The van der Waals surface area contributed by atoms with Crippen LogP contribution in [-0.2, 0) is 11.3 Å². The fourth-order valence-electron chi connectivity index (χ4n) is 4.05. The zero-order chi connectivity index (χ0) is 25.7. The van der Waals surface area contributed by atoms with Gasteiger partial charge in [-0.2, -0.15) is 4.98 Å². The van der Waals surface area contributed by atoms with Crippen LogP contribution in [0.3, 0.4) is 0 Å². The summed E-state index contributed by atoms with van der Waals surface area (Å²) >= 11 is 0. The van der Waals surface area contributed by atoms with E-state index in [0.29, 0.717) is 18.1 Å². The first-order valence-electron chi connectivity index (χ1n) is 11.6. The number of fused-ring (bicyclic) bond motifs is 2. The lowest BCUT2D eigenvalue weighted by Crippen LogP contribution is -2.25. The number of nitrogens with one attached hydrogen (secondary N) is 2. The number of benzene rings is 2. The minimum absolute atomic E-state index is 0.264. The van der Waals surface area contributed by atoms with Crippen LogP contribution in [0.25, 0.3) is 22.4 Å². The van der Waals surface area contributed by atoms with Crippen molar-refractivity contribution in [1.29, 1.82) is 0 Å². The molecule has 0 atom stereocenters. The molecular formula is C27H29N7O2. The first-order valence-corrected chi connectivity index (χ1v) is 11.6. The molecule has 5 rings (SSSR count). The summed E-state index contributed by atoms with van der Waals surface area (Å²) in [6.45, 7) is 4.97. The number of rotatable bonds is 7. The van der Waals surface area contributed by atoms with Gasteiger partial charge in [-0.05, 0) is 50.2 Å². The van der Waals surface area contributed by atoms with Crippen LogP contribution in [-0.4, -0.2) is 45.0 Å². The number of aryl methyl sites for hydroxylation is 2. The molecule has 1 amide bonds. The number of primary amides is 1. The molecule has 3 heterocycles. The molecule has 0 saturated carbocycles. The third-order valence-corrected chi connectivity index (χ3v) is 5.63. The fraction of sp³-hybridized carbons (Fsp3) is 0.185. The van der Waals surface area contributed by atoms with Crippen molar-refractivity contribution >= 4 is 34.4 Å². The van der Waals surface area contributed by atoms with Crippen LogP contribution in [0.1, 0.15) is 27.2 Å². The number of nitrogens with two attached hydrogens (primary N) is 1. The van der Waals surface area contributed by atoms with Gasteiger partial charge < -0.3 is 16.4 Å². The summed E-state index contributed by atoms with van der Waals surface area (Å²) in [5, 5.41) is 11.7. The molecule has 0 fully saturated rings. The quantitative estimate of drug-likeness (QED) is 0.305. The summed E-state index contributed by atoms with van der Waals surface area (Å²) < 4.78 is 3.85. The van der Waals surface area contributed by atoms with E-state index >= 15 is 0 Å². The van der Waals surface area contributed by atoms with Crippen molar-refractivity contribution in [1.82, 2.24) is 24.5 Å². The highest BCUT2D eigenvalue weighted by Crippen LogP contribution is 2.26. The monoisotopic (exact) mass is 483 g/mol. The molecule has 184 valence electrons. The zero-order valence-corrected chi connectivity index (χ0v) is 20.5. The van der Waals surface area contributed by atoms with Crippen LogP contribution >= 0.6 is 0 Å². The third kappa shape index (κ3) is 5.26. The molecule has 9 heteroatoms. The van der Waals surface area contributed by atoms with E-state index in [4.69, 9.17) is 15.8 Å². The van der Waals surface area contributed by atoms with Gasteiger partial charge in [0.05, 0.1) is 12.1 Å². The Kier molecular flexibility index (Phi) is 7.41. The minimum atomic E-state index is -0.322. The minimum Gasteiger partial charge on any atom is -0.369 e. The number of hydrogen-bond acceptors (Lipinski definition) is 6. The average molecular weight is 484 g/mol. The van der Waals surface area contributed by atoms with Gasteiger partial charge in [0, 0.05) is 29.4 Å². The molecule has 2 aromatic carbocycles. The first kappa shape index (κ1) is 24.6. The standard InChI is InChI=1S/C24H21N5O.C3H8N2O/c1-16-11-22-23(25-13-18-7-4-3-5-8-18)26-24(27-28(22)14-16)29-17(2)12-20-19(15-30)9-6-10-21(20)29;1-5-2-3(4)6/h3-12,14-15H,13H2,1-2H3,(H,25,26,27);5H,2H2,1H3,(H2,4,6). The van der Waals surface area contributed by atoms with Crippen LogP contribution in [0, 0.1) is 13.8 Å². The van der Waals surface area contributed by atoms with Crippen molar-refractivity contribution in [3.8, 4) is 5.95 Å². The second-order valence-electron chi connectivity index (χ2n) is 8.46. The number of anilines is 1. The van der Waals surface area contributed by atoms with Gasteiger partial charge in [-0.15, -0.1) is 5.10 Å². The van der Waals surface area contributed by atoms with Crippen molar-refractivity contribution in [3.05, 3.63) is 89.2 Å². The second-order valence-corrected chi connectivity index (χ2v) is 8.46. The molecule has 36 heavy (non-hydrogen) atoms. The number of aldehydes is 1. The summed E-state index contributed by atoms with van der Waals surface area (Å²) in [4.78, 5) is 26.1. The summed E-state index contributed by atoms with van der Waals surface area (Å²) in [6.07, 6.45) is 2.88. The molecule has 0 aliphatic carbocycles. The molecular weight excluding hydrogens is 454 g/mol.